The zero-order valence-electron chi connectivity index (χ0n) is 17.3. The number of nitrogens with zero attached hydrogens (tertiary/aromatic N) is 2. The SMILES string of the molecule is CPc1ccc(C(=O)N2CCOc3ccc(-c4cnc5ccccc5c4)cc3C2)cc1. The third-order valence-corrected chi connectivity index (χ3v) is 6.58. The molecular formula is C26H23N2O2P. The maximum absolute atomic E-state index is 13.1. The smallest absolute Gasteiger partial charge is 0.254 e. The maximum Gasteiger partial charge on any atom is 0.254 e. The van der Waals surface area contributed by atoms with Crippen molar-refractivity contribution in [2.45, 2.75) is 6.54 Å². The van der Waals surface area contributed by atoms with Crippen LogP contribution in [0.2, 0.25) is 0 Å². The number of hydrogen-bond acceptors (Lipinski definition) is 3. The van der Waals surface area contributed by atoms with Gasteiger partial charge in [0, 0.05) is 34.8 Å². The molecule has 1 atom stereocenters. The number of aromatic nitrogens is 1. The molecule has 3 aromatic carbocycles. The Balaban J connectivity index is 1.44. The summed E-state index contributed by atoms with van der Waals surface area (Å²) in [5.41, 5.74) is 4.85. The van der Waals surface area contributed by atoms with Crippen LogP contribution in [0.15, 0.2) is 79.0 Å². The molecule has 5 heteroatoms. The predicted octanol–water partition coefficient (Wildman–Crippen LogP) is 4.87. The largest absolute Gasteiger partial charge is 0.491 e. The molecule has 5 rings (SSSR count). The van der Waals surface area contributed by atoms with Gasteiger partial charge in [0.15, 0.2) is 0 Å². The molecule has 154 valence electrons. The number of pyridine rings is 1. The van der Waals surface area contributed by atoms with Crippen molar-refractivity contribution < 1.29 is 9.53 Å². The summed E-state index contributed by atoms with van der Waals surface area (Å²) in [6.07, 6.45) is 1.90. The standard InChI is InChI=1S/C26H23N2O2P/c1-31-23-9-6-18(7-10-23)26(29)28-12-13-30-25-11-8-19(14-22(25)17-28)21-15-20-4-2-3-5-24(20)27-16-21/h2-11,14-16,31H,12-13,17H2,1H3. The average molecular weight is 426 g/mol. The summed E-state index contributed by atoms with van der Waals surface area (Å²) in [7, 11) is 0.729. The van der Waals surface area contributed by atoms with Crippen LogP contribution in [0.5, 0.6) is 5.75 Å². The monoisotopic (exact) mass is 426 g/mol. The zero-order valence-corrected chi connectivity index (χ0v) is 18.3. The molecule has 31 heavy (non-hydrogen) atoms. The average Bonchev–Trinajstić information content (AvgIpc) is 3.05. The van der Waals surface area contributed by atoms with Gasteiger partial charge in [-0.05, 0) is 53.9 Å². The van der Waals surface area contributed by atoms with E-state index in [1.807, 2.05) is 59.6 Å². The Morgan fingerprint density at radius 1 is 1.00 bits per heavy atom. The van der Waals surface area contributed by atoms with E-state index in [-0.39, 0.29) is 5.91 Å². The topological polar surface area (TPSA) is 42.4 Å². The summed E-state index contributed by atoms with van der Waals surface area (Å²) in [4.78, 5) is 19.6. The molecule has 1 aromatic heterocycles. The number of ether oxygens (including phenoxy) is 1. The van der Waals surface area contributed by atoms with Gasteiger partial charge in [0.1, 0.15) is 12.4 Å². The van der Waals surface area contributed by atoms with Gasteiger partial charge in [0.05, 0.1) is 12.1 Å². The van der Waals surface area contributed by atoms with Crippen molar-refractivity contribution in [3.8, 4) is 16.9 Å². The molecule has 2 heterocycles. The molecule has 1 aliphatic rings. The quantitative estimate of drug-likeness (QED) is 0.439. The Hall–Kier alpha value is -3.23. The lowest BCUT2D eigenvalue weighted by molar-refractivity contribution is 0.0733. The van der Waals surface area contributed by atoms with Crippen molar-refractivity contribution in [3.63, 3.8) is 0 Å². The summed E-state index contributed by atoms with van der Waals surface area (Å²) in [6.45, 7) is 3.73. The van der Waals surface area contributed by atoms with Gasteiger partial charge in [0.25, 0.3) is 5.91 Å². The number of amides is 1. The highest BCUT2D eigenvalue weighted by Gasteiger charge is 2.21. The van der Waals surface area contributed by atoms with Crippen molar-refractivity contribution in [1.29, 1.82) is 0 Å². The second-order valence-electron chi connectivity index (χ2n) is 7.64. The number of benzene rings is 3. The highest BCUT2D eigenvalue weighted by atomic mass is 31.1. The molecule has 0 fully saturated rings. The third kappa shape index (κ3) is 4.04. The minimum atomic E-state index is 0.0419. The minimum Gasteiger partial charge on any atom is -0.491 e. The van der Waals surface area contributed by atoms with Crippen LogP contribution in [0.1, 0.15) is 15.9 Å². The van der Waals surface area contributed by atoms with E-state index in [1.165, 1.54) is 5.30 Å². The van der Waals surface area contributed by atoms with Crippen LogP contribution in [0.4, 0.5) is 0 Å². The van der Waals surface area contributed by atoms with Crippen LogP contribution in [0.25, 0.3) is 22.0 Å². The Bertz CT molecular complexity index is 1250. The number of carbonyl (C=O) groups excluding carboxylic acids is 1. The molecule has 1 aliphatic heterocycles. The van der Waals surface area contributed by atoms with Crippen molar-refractivity contribution in [3.05, 3.63) is 90.1 Å². The van der Waals surface area contributed by atoms with E-state index in [0.717, 1.165) is 47.5 Å². The lowest BCUT2D eigenvalue weighted by Gasteiger charge is -2.20. The summed E-state index contributed by atoms with van der Waals surface area (Å²) in [5, 5.41) is 2.37. The molecule has 0 radical (unpaired) electrons. The molecule has 0 saturated heterocycles. The predicted molar refractivity (Wildman–Crippen MR) is 128 cm³/mol. The summed E-state index contributed by atoms with van der Waals surface area (Å²) in [5.74, 6) is 0.885. The van der Waals surface area contributed by atoms with Crippen LogP contribution in [0.3, 0.4) is 0 Å². The van der Waals surface area contributed by atoms with Crippen molar-refractivity contribution in [2.75, 3.05) is 19.8 Å². The second kappa shape index (κ2) is 8.49. The van der Waals surface area contributed by atoms with Gasteiger partial charge in [-0.2, -0.15) is 0 Å². The van der Waals surface area contributed by atoms with Crippen molar-refractivity contribution >= 4 is 30.7 Å². The Kier molecular flexibility index (Phi) is 5.40. The molecule has 0 bridgehead atoms. The first-order valence-electron chi connectivity index (χ1n) is 10.4. The van der Waals surface area contributed by atoms with Crippen LogP contribution in [-0.4, -0.2) is 35.6 Å². The van der Waals surface area contributed by atoms with E-state index in [1.54, 1.807) is 0 Å². The Morgan fingerprint density at radius 3 is 2.68 bits per heavy atom. The van der Waals surface area contributed by atoms with E-state index in [2.05, 4.69) is 35.9 Å². The highest BCUT2D eigenvalue weighted by Crippen LogP contribution is 2.30. The molecule has 4 nitrogen and oxygen atoms in total. The Morgan fingerprint density at radius 2 is 1.84 bits per heavy atom. The van der Waals surface area contributed by atoms with Gasteiger partial charge in [-0.25, -0.2) is 0 Å². The van der Waals surface area contributed by atoms with E-state index in [9.17, 15) is 4.79 Å². The summed E-state index contributed by atoms with van der Waals surface area (Å²) >= 11 is 0. The normalized spacial score (nSPS) is 13.8. The van der Waals surface area contributed by atoms with Crippen molar-refractivity contribution in [1.82, 2.24) is 9.88 Å². The number of fused-ring (bicyclic) bond motifs is 2. The van der Waals surface area contributed by atoms with E-state index < -0.39 is 0 Å². The van der Waals surface area contributed by atoms with E-state index in [4.69, 9.17) is 4.74 Å². The van der Waals surface area contributed by atoms with Crippen LogP contribution >= 0.6 is 8.58 Å². The van der Waals surface area contributed by atoms with Gasteiger partial charge in [-0.3, -0.25) is 9.78 Å². The first-order valence-corrected chi connectivity index (χ1v) is 11.9. The Labute approximate surface area is 183 Å². The van der Waals surface area contributed by atoms with Crippen molar-refractivity contribution in [2.24, 2.45) is 0 Å². The summed E-state index contributed by atoms with van der Waals surface area (Å²) in [6, 6.07) is 24.4. The summed E-state index contributed by atoms with van der Waals surface area (Å²) < 4.78 is 5.95. The molecule has 1 unspecified atom stereocenters. The lowest BCUT2D eigenvalue weighted by Crippen LogP contribution is -2.32. The molecule has 4 aromatic rings. The van der Waals surface area contributed by atoms with Gasteiger partial charge in [0.2, 0.25) is 0 Å². The zero-order chi connectivity index (χ0) is 21.2. The van der Waals surface area contributed by atoms with Crippen LogP contribution in [0, 0.1) is 0 Å². The fourth-order valence-corrected chi connectivity index (χ4v) is 4.44. The van der Waals surface area contributed by atoms with Gasteiger partial charge in [-0.15, -0.1) is 0 Å². The first-order chi connectivity index (χ1) is 15.2. The van der Waals surface area contributed by atoms with Crippen LogP contribution < -0.4 is 10.0 Å². The lowest BCUT2D eigenvalue weighted by atomic mass is 10.0. The number of hydrogen-bond donors (Lipinski definition) is 0. The minimum absolute atomic E-state index is 0.0419. The highest BCUT2D eigenvalue weighted by molar-refractivity contribution is 7.46. The fourth-order valence-electron chi connectivity index (χ4n) is 3.94. The van der Waals surface area contributed by atoms with Gasteiger partial charge >= 0.3 is 0 Å². The molecule has 0 saturated carbocycles. The number of carbonyl (C=O) groups is 1. The first kappa shape index (κ1) is 19.7. The van der Waals surface area contributed by atoms with E-state index in [0.29, 0.717) is 19.7 Å². The van der Waals surface area contributed by atoms with Gasteiger partial charge in [-0.1, -0.05) is 45.0 Å². The molecule has 0 spiro atoms. The van der Waals surface area contributed by atoms with E-state index >= 15 is 0 Å². The van der Waals surface area contributed by atoms with Gasteiger partial charge < -0.3 is 9.64 Å². The second-order valence-corrected chi connectivity index (χ2v) is 8.72. The molecule has 0 N–H and O–H groups in total. The number of para-hydroxylation sites is 1. The maximum atomic E-state index is 13.1. The molecular weight excluding hydrogens is 403 g/mol. The number of rotatable bonds is 3. The third-order valence-electron chi connectivity index (χ3n) is 5.67. The molecule has 1 amide bonds. The fraction of sp³-hybridized carbons (Fsp3) is 0.154. The molecule has 0 aliphatic carbocycles. The van der Waals surface area contributed by atoms with Crippen LogP contribution in [-0.2, 0) is 6.54 Å².